The molecule has 8 nitrogen and oxygen atoms in total. The molecule has 3 rings (SSSR count). The molecular weight excluding hydrogens is 418 g/mol. The summed E-state index contributed by atoms with van der Waals surface area (Å²) in [5.74, 6) is 2.66. The van der Waals surface area contributed by atoms with E-state index < -0.39 is 6.04 Å². The fourth-order valence-electron chi connectivity index (χ4n) is 4.05. The summed E-state index contributed by atoms with van der Waals surface area (Å²) in [6, 6.07) is 5.73. The van der Waals surface area contributed by atoms with Gasteiger partial charge in [-0.25, -0.2) is 0 Å². The Morgan fingerprint density at radius 1 is 1.24 bits per heavy atom. The molecule has 1 saturated carbocycles. The van der Waals surface area contributed by atoms with Gasteiger partial charge >= 0.3 is 0 Å². The number of hydrogen-bond donors (Lipinski definition) is 2. The van der Waals surface area contributed by atoms with E-state index in [1.54, 1.807) is 7.11 Å². The van der Waals surface area contributed by atoms with E-state index in [-0.39, 0.29) is 18.2 Å². The Hall–Kier alpha value is -2.90. The van der Waals surface area contributed by atoms with Crippen LogP contribution in [-0.4, -0.2) is 33.7 Å². The molecule has 1 aromatic heterocycles. The zero-order valence-corrected chi connectivity index (χ0v) is 20.5. The molecule has 2 N–H and O–H groups in total. The number of carbonyl (C=O) groups excluding carboxylic acids is 2. The Morgan fingerprint density at radius 2 is 2.00 bits per heavy atom. The van der Waals surface area contributed by atoms with Crippen molar-refractivity contribution in [1.82, 2.24) is 25.4 Å². The predicted octanol–water partition coefficient (Wildman–Crippen LogP) is 3.79. The highest BCUT2D eigenvalue weighted by Crippen LogP contribution is 2.38. The SMILES string of the molecule is COc1cc(C)ccc1CNC(=O)C[C@H](NC(C)=O)c1nnc(CCCC(C)C)n1C1CC1. The standard InChI is InChI=1S/C25H37N5O3/c1-16(2)7-6-8-23-28-29-25(30(23)20-11-12-20)21(27-18(4)31)14-24(32)26-15-19-10-9-17(3)13-22(19)33-5/h9-10,13,16,20-21H,6-8,11-12,14-15H2,1-5H3,(H,26,32)(H,27,31)/t21-/m0/s1. The van der Waals surface area contributed by atoms with E-state index in [1.165, 1.54) is 6.92 Å². The van der Waals surface area contributed by atoms with Gasteiger partial charge in [-0.1, -0.05) is 32.4 Å². The average Bonchev–Trinajstić information content (AvgIpc) is 3.51. The fraction of sp³-hybridized carbons (Fsp3) is 0.600. The summed E-state index contributed by atoms with van der Waals surface area (Å²) >= 11 is 0. The van der Waals surface area contributed by atoms with Gasteiger partial charge in [0.25, 0.3) is 0 Å². The summed E-state index contributed by atoms with van der Waals surface area (Å²) in [4.78, 5) is 24.8. The van der Waals surface area contributed by atoms with Crippen LogP contribution in [0.5, 0.6) is 5.75 Å². The number of hydrogen-bond acceptors (Lipinski definition) is 5. The lowest BCUT2D eigenvalue weighted by Gasteiger charge is -2.19. The molecule has 2 aromatic rings. The van der Waals surface area contributed by atoms with Gasteiger partial charge < -0.3 is 19.9 Å². The second-order valence-electron chi connectivity index (χ2n) is 9.41. The summed E-state index contributed by atoms with van der Waals surface area (Å²) in [7, 11) is 1.62. The molecule has 180 valence electrons. The fourth-order valence-corrected chi connectivity index (χ4v) is 4.05. The molecule has 0 spiro atoms. The second kappa shape index (κ2) is 11.3. The molecule has 0 aliphatic heterocycles. The van der Waals surface area contributed by atoms with Crippen LogP contribution in [-0.2, 0) is 22.6 Å². The van der Waals surface area contributed by atoms with Crippen LogP contribution in [0.2, 0.25) is 0 Å². The maximum absolute atomic E-state index is 12.8. The van der Waals surface area contributed by atoms with E-state index in [9.17, 15) is 9.59 Å². The van der Waals surface area contributed by atoms with Crippen LogP contribution in [0.1, 0.15) is 87.7 Å². The zero-order valence-electron chi connectivity index (χ0n) is 20.5. The molecule has 0 bridgehead atoms. The van der Waals surface area contributed by atoms with Crippen molar-refractivity contribution in [3.63, 3.8) is 0 Å². The number of methoxy groups -OCH3 is 1. The van der Waals surface area contributed by atoms with Gasteiger partial charge in [-0.15, -0.1) is 10.2 Å². The molecule has 1 aromatic carbocycles. The number of ether oxygens (including phenoxy) is 1. The Balaban J connectivity index is 1.71. The molecule has 0 radical (unpaired) electrons. The minimum absolute atomic E-state index is 0.102. The van der Waals surface area contributed by atoms with Crippen LogP contribution in [0.3, 0.4) is 0 Å². The van der Waals surface area contributed by atoms with E-state index in [0.717, 1.165) is 54.8 Å². The number of amides is 2. The first-order valence-electron chi connectivity index (χ1n) is 11.9. The quantitative estimate of drug-likeness (QED) is 0.507. The Morgan fingerprint density at radius 3 is 2.64 bits per heavy atom. The lowest BCUT2D eigenvalue weighted by Crippen LogP contribution is -2.34. The van der Waals surface area contributed by atoms with E-state index >= 15 is 0 Å². The van der Waals surface area contributed by atoms with Crippen molar-refractivity contribution in [2.24, 2.45) is 5.92 Å². The highest BCUT2D eigenvalue weighted by atomic mass is 16.5. The normalized spacial score (nSPS) is 14.2. The Bertz CT molecular complexity index is 965. The molecule has 1 atom stereocenters. The second-order valence-corrected chi connectivity index (χ2v) is 9.41. The van der Waals surface area contributed by atoms with Gasteiger partial charge in [0, 0.05) is 31.5 Å². The van der Waals surface area contributed by atoms with Crippen molar-refractivity contribution in [2.45, 2.75) is 84.8 Å². The molecule has 1 aliphatic carbocycles. The Labute approximate surface area is 196 Å². The van der Waals surface area contributed by atoms with Crippen LogP contribution >= 0.6 is 0 Å². The molecule has 0 saturated heterocycles. The Kier molecular flexibility index (Phi) is 8.47. The van der Waals surface area contributed by atoms with Crippen LogP contribution in [0.15, 0.2) is 18.2 Å². The minimum atomic E-state index is -0.519. The zero-order chi connectivity index (χ0) is 24.0. The number of aromatic nitrogens is 3. The van der Waals surface area contributed by atoms with E-state index in [4.69, 9.17) is 4.74 Å². The van der Waals surface area contributed by atoms with Crippen LogP contribution in [0.25, 0.3) is 0 Å². The highest BCUT2D eigenvalue weighted by Gasteiger charge is 2.33. The van der Waals surface area contributed by atoms with Gasteiger partial charge in [0.05, 0.1) is 19.6 Å². The van der Waals surface area contributed by atoms with E-state index in [2.05, 4.69) is 39.2 Å². The maximum atomic E-state index is 12.8. The van der Waals surface area contributed by atoms with Crippen molar-refractivity contribution in [3.8, 4) is 5.75 Å². The van der Waals surface area contributed by atoms with Crippen LogP contribution in [0, 0.1) is 12.8 Å². The van der Waals surface area contributed by atoms with Gasteiger partial charge in [0.15, 0.2) is 5.82 Å². The summed E-state index contributed by atoms with van der Waals surface area (Å²) in [5.41, 5.74) is 2.00. The average molecular weight is 456 g/mol. The van der Waals surface area contributed by atoms with Gasteiger partial charge in [0.2, 0.25) is 11.8 Å². The van der Waals surface area contributed by atoms with Crippen molar-refractivity contribution < 1.29 is 14.3 Å². The lowest BCUT2D eigenvalue weighted by atomic mass is 10.1. The molecule has 1 heterocycles. The number of rotatable bonds is 12. The predicted molar refractivity (Wildman–Crippen MR) is 127 cm³/mol. The van der Waals surface area contributed by atoms with Crippen LogP contribution < -0.4 is 15.4 Å². The summed E-state index contributed by atoms with van der Waals surface area (Å²) in [6.45, 7) is 8.24. The third kappa shape index (κ3) is 7.04. The van der Waals surface area contributed by atoms with Gasteiger partial charge in [-0.05, 0) is 43.7 Å². The molecule has 8 heteroatoms. The molecule has 1 fully saturated rings. The number of aryl methyl sites for hydroxylation is 2. The van der Waals surface area contributed by atoms with E-state index in [1.807, 2.05) is 25.1 Å². The van der Waals surface area contributed by atoms with Crippen molar-refractivity contribution in [2.75, 3.05) is 7.11 Å². The summed E-state index contributed by atoms with van der Waals surface area (Å²) < 4.78 is 7.59. The van der Waals surface area contributed by atoms with Gasteiger partial charge in [-0.2, -0.15) is 0 Å². The van der Waals surface area contributed by atoms with Crippen molar-refractivity contribution in [1.29, 1.82) is 0 Å². The first-order chi connectivity index (χ1) is 15.8. The maximum Gasteiger partial charge on any atom is 0.222 e. The molecular formula is C25H37N5O3. The number of benzene rings is 1. The summed E-state index contributed by atoms with van der Waals surface area (Å²) in [5, 5.41) is 14.8. The van der Waals surface area contributed by atoms with Crippen molar-refractivity contribution in [3.05, 3.63) is 41.0 Å². The molecule has 2 amide bonds. The molecule has 33 heavy (non-hydrogen) atoms. The van der Waals surface area contributed by atoms with Crippen LogP contribution in [0.4, 0.5) is 0 Å². The smallest absolute Gasteiger partial charge is 0.222 e. The highest BCUT2D eigenvalue weighted by molar-refractivity contribution is 5.79. The largest absolute Gasteiger partial charge is 0.496 e. The van der Waals surface area contributed by atoms with Gasteiger partial charge in [0.1, 0.15) is 11.6 Å². The molecule has 0 unspecified atom stereocenters. The topological polar surface area (TPSA) is 98.1 Å². The third-order valence-corrected chi connectivity index (χ3v) is 5.88. The molecule has 1 aliphatic rings. The van der Waals surface area contributed by atoms with Crippen molar-refractivity contribution >= 4 is 11.8 Å². The minimum Gasteiger partial charge on any atom is -0.496 e. The number of carbonyl (C=O) groups is 2. The third-order valence-electron chi connectivity index (χ3n) is 5.88. The number of nitrogens with one attached hydrogen (secondary N) is 2. The first kappa shape index (κ1) is 24.7. The lowest BCUT2D eigenvalue weighted by molar-refractivity contribution is -0.123. The monoisotopic (exact) mass is 455 g/mol. The van der Waals surface area contributed by atoms with Gasteiger partial charge in [-0.3, -0.25) is 9.59 Å². The van der Waals surface area contributed by atoms with E-state index in [0.29, 0.717) is 24.3 Å². The number of nitrogens with zero attached hydrogens (tertiary/aromatic N) is 3. The first-order valence-corrected chi connectivity index (χ1v) is 11.9. The summed E-state index contributed by atoms with van der Waals surface area (Å²) in [6.07, 6.45) is 5.29.